The third-order valence-corrected chi connectivity index (χ3v) is 3.21. The Balaban J connectivity index is 2.20. The van der Waals surface area contributed by atoms with Gasteiger partial charge in [0.25, 0.3) is 0 Å². The van der Waals surface area contributed by atoms with Crippen LogP contribution in [0.3, 0.4) is 0 Å². The van der Waals surface area contributed by atoms with Gasteiger partial charge in [-0.1, -0.05) is 18.2 Å². The quantitative estimate of drug-likeness (QED) is 0.762. The summed E-state index contributed by atoms with van der Waals surface area (Å²) in [5, 5.41) is 22.4. The molecular formula is C16H19NO4. The Bertz CT molecular complexity index is 588. The highest BCUT2D eigenvalue weighted by molar-refractivity contribution is 5.55. The molecule has 0 aliphatic rings. The molecule has 0 aliphatic heterocycles. The van der Waals surface area contributed by atoms with Crippen LogP contribution in [0.1, 0.15) is 11.1 Å². The molecule has 2 aromatic rings. The number of methoxy groups -OCH3 is 2. The monoisotopic (exact) mass is 289 g/mol. The number of phenols is 1. The van der Waals surface area contributed by atoms with Crippen LogP contribution in [0.2, 0.25) is 0 Å². The number of aliphatic hydroxyl groups excluding tert-OH is 1. The summed E-state index contributed by atoms with van der Waals surface area (Å²) in [6.07, 6.45) is 0. The van der Waals surface area contributed by atoms with E-state index in [-0.39, 0.29) is 12.4 Å². The van der Waals surface area contributed by atoms with Gasteiger partial charge in [0.2, 0.25) is 5.75 Å². The molecule has 0 atom stereocenters. The maximum Gasteiger partial charge on any atom is 0.200 e. The standard InChI is InChI=1S/C16H19NO4/c1-20-14-7-11(8-15(21-2)16(14)19)9-17-13-6-4-3-5-12(13)10-18/h3-8,17-19H,9-10H2,1-2H3. The summed E-state index contributed by atoms with van der Waals surface area (Å²) >= 11 is 0. The molecule has 21 heavy (non-hydrogen) atoms. The summed E-state index contributed by atoms with van der Waals surface area (Å²) in [5.74, 6) is 0.711. The van der Waals surface area contributed by atoms with Crippen molar-refractivity contribution in [3.8, 4) is 17.2 Å². The van der Waals surface area contributed by atoms with Crippen molar-refractivity contribution in [3.63, 3.8) is 0 Å². The van der Waals surface area contributed by atoms with Crippen molar-refractivity contribution in [2.24, 2.45) is 0 Å². The molecule has 2 aromatic carbocycles. The van der Waals surface area contributed by atoms with Crippen LogP contribution >= 0.6 is 0 Å². The van der Waals surface area contributed by atoms with Gasteiger partial charge in [0.15, 0.2) is 11.5 Å². The molecule has 0 radical (unpaired) electrons. The summed E-state index contributed by atoms with van der Waals surface area (Å²) < 4.78 is 10.3. The minimum absolute atomic E-state index is 0.0143. The SMILES string of the molecule is COc1cc(CNc2ccccc2CO)cc(OC)c1O. The van der Waals surface area contributed by atoms with E-state index in [0.29, 0.717) is 18.0 Å². The summed E-state index contributed by atoms with van der Waals surface area (Å²) in [7, 11) is 2.99. The number of aromatic hydroxyl groups is 1. The Morgan fingerprint density at radius 1 is 1.05 bits per heavy atom. The van der Waals surface area contributed by atoms with E-state index in [1.807, 2.05) is 24.3 Å². The molecule has 5 nitrogen and oxygen atoms in total. The molecule has 5 heteroatoms. The van der Waals surface area contributed by atoms with Gasteiger partial charge >= 0.3 is 0 Å². The second-order valence-corrected chi connectivity index (χ2v) is 4.52. The van der Waals surface area contributed by atoms with Crippen LogP contribution in [0.25, 0.3) is 0 Å². The molecule has 0 saturated heterocycles. The molecule has 2 rings (SSSR count). The first kappa shape index (κ1) is 15.0. The lowest BCUT2D eigenvalue weighted by Crippen LogP contribution is -2.03. The molecule has 0 aliphatic carbocycles. The van der Waals surface area contributed by atoms with Gasteiger partial charge in [0.05, 0.1) is 20.8 Å². The number of nitrogens with one attached hydrogen (secondary N) is 1. The Hall–Kier alpha value is -2.40. The maximum absolute atomic E-state index is 9.88. The third-order valence-electron chi connectivity index (χ3n) is 3.21. The average molecular weight is 289 g/mol. The van der Waals surface area contributed by atoms with E-state index in [1.54, 1.807) is 12.1 Å². The van der Waals surface area contributed by atoms with Gasteiger partial charge in [0.1, 0.15) is 0 Å². The fourth-order valence-electron chi connectivity index (χ4n) is 2.08. The molecule has 0 heterocycles. The smallest absolute Gasteiger partial charge is 0.200 e. The van der Waals surface area contributed by atoms with E-state index in [0.717, 1.165) is 16.8 Å². The van der Waals surface area contributed by atoms with Gasteiger partial charge in [0, 0.05) is 17.8 Å². The first-order valence-corrected chi connectivity index (χ1v) is 6.56. The Labute approximate surface area is 123 Å². The summed E-state index contributed by atoms with van der Waals surface area (Å²) in [5.41, 5.74) is 2.59. The topological polar surface area (TPSA) is 71.0 Å². The summed E-state index contributed by atoms with van der Waals surface area (Å²) in [4.78, 5) is 0. The van der Waals surface area contributed by atoms with E-state index >= 15 is 0 Å². The van der Waals surface area contributed by atoms with Crippen LogP contribution in [0.15, 0.2) is 36.4 Å². The number of para-hydroxylation sites is 1. The summed E-state index contributed by atoms with van der Waals surface area (Å²) in [6, 6.07) is 11.0. The van der Waals surface area contributed by atoms with Crippen molar-refractivity contribution in [2.75, 3.05) is 19.5 Å². The van der Waals surface area contributed by atoms with E-state index in [2.05, 4.69) is 5.32 Å². The van der Waals surface area contributed by atoms with E-state index in [9.17, 15) is 10.2 Å². The van der Waals surface area contributed by atoms with Gasteiger partial charge in [-0.25, -0.2) is 0 Å². The number of hydrogen-bond acceptors (Lipinski definition) is 5. The van der Waals surface area contributed by atoms with Crippen LogP contribution in [0.5, 0.6) is 17.2 Å². The zero-order valence-electron chi connectivity index (χ0n) is 12.1. The fraction of sp³-hybridized carbons (Fsp3) is 0.250. The average Bonchev–Trinajstić information content (AvgIpc) is 2.54. The van der Waals surface area contributed by atoms with E-state index < -0.39 is 0 Å². The van der Waals surface area contributed by atoms with E-state index in [4.69, 9.17) is 9.47 Å². The number of phenolic OH excluding ortho intramolecular Hbond substituents is 1. The lowest BCUT2D eigenvalue weighted by Gasteiger charge is -2.13. The zero-order valence-corrected chi connectivity index (χ0v) is 12.1. The molecule has 3 N–H and O–H groups in total. The van der Waals surface area contributed by atoms with Gasteiger partial charge < -0.3 is 25.0 Å². The van der Waals surface area contributed by atoms with Crippen LogP contribution in [0, 0.1) is 0 Å². The molecule has 0 unspecified atom stereocenters. The second-order valence-electron chi connectivity index (χ2n) is 4.52. The molecule has 0 saturated carbocycles. The predicted molar refractivity (Wildman–Crippen MR) is 80.9 cm³/mol. The molecule has 0 fully saturated rings. The van der Waals surface area contributed by atoms with Crippen LogP contribution in [-0.4, -0.2) is 24.4 Å². The molecule has 0 bridgehead atoms. The normalized spacial score (nSPS) is 10.2. The lowest BCUT2D eigenvalue weighted by atomic mass is 10.1. The van der Waals surface area contributed by atoms with Crippen LogP contribution in [0.4, 0.5) is 5.69 Å². The number of benzene rings is 2. The lowest BCUT2D eigenvalue weighted by molar-refractivity contribution is 0.282. The van der Waals surface area contributed by atoms with Crippen LogP contribution < -0.4 is 14.8 Å². The highest BCUT2D eigenvalue weighted by Crippen LogP contribution is 2.37. The number of ether oxygens (including phenoxy) is 2. The second kappa shape index (κ2) is 6.85. The Morgan fingerprint density at radius 3 is 2.24 bits per heavy atom. The molecule has 0 aromatic heterocycles. The van der Waals surface area contributed by atoms with Gasteiger partial charge in [-0.15, -0.1) is 0 Å². The highest BCUT2D eigenvalue weighted by Gasteiger charge is 2.11. The van der Waals surface area contributed by atoms with Crippen molar-refractivity contribution in [1.82, 2.24) is 0 Å². The Morgan fingerprint density at radius 2 is 1.67 bits per heavy atom. The minimum atomic E-state index is -0.0224. The first-order valence-electron chi connectivity index (χ1n) is 6.56. The minimum Gasteiger partial charge on any atom is -0.502 e. The third kappa shape index (κ3) is 3.38. The van der Waals surface area contributed by atoms with Gasteiger partial charge in [-0.3, -0.25) is 0 Å². The number of hydrogen-bond donors (Lipinski definition) is 3. The fourth-order valence-corrected chi connectivity index (χ4v) is 2.08. The summed E-state index contributed by atoms with van der Waals surface area (Å²) in [6.45, 7) is 0.495. The zero-order chi connectivity index (χ0) is 15.2. The maximum atomic E-state index is 9.88. The molecule has 0 amide bonds. The van der Waals surface area contributed by atoms with Crippen molar-refractivity contribution < 1.29 is 19.7 Å². The van der Waals surface area contributed by atoms with Gasteiger partial charge in [-0.2, -0.15) is 0 Å². The van der Waals surface area contributed by atoms with Crippen molar-refractivity contribution in [3.05, 3.63) is 47.5 Å². The first-order chi connectivity index (χ1) is 10.2. The largest absolute Gasteiger partial charge is 0.502 e. The molecular weight excluding hydrogens is 270 g/mol. The van der Waals surface area contributed by atoms with Crippen molar-refractivity contribution in [1.29, 1.82) is 0 Å². The van der Waals surface area contributed by atoms with Gasteiger partial charge in [-0.05, 0) is 23.8 Å². The number of aliphatic hydroxyl groups is 1. The van der Waals surface area contributed by atoms with Crippen molar-refractivity contribution >= 4 is 5.69 Å². The highest BCUT2D eigenvalue weighted by atomic mass is 16.5. The van der Waals surface area contributed by atoms with Crippen LogP contribution in [-0.2, 0) is 13.2 Å². The molecule has 0 spiro atoms. The molecule has 112 valence electrons. The Kier molecular flexibility index (Phi) is 4.90. The number of rotatable bonds is 6. The predicted octanol–water partition coefficient (Wildman–Crippen LogP) is 2.51. The number of anilines is 1. The van der Waals surface area contributed by atoms with E-state index in [1.165, 1.54) is 14.2 Å². The van der Waals surface area contributed by atoms with Crippen molar-refractivity contribution in [2.45, 2.75) is 13.2 Å².